The Morgan fingerprint density at radius 2 is 1.79 bits per heavy atom. The van der Waals surface area contributed by atoms with Gasteiger partial charge in [0.25, 0.3) is 0 Å². The Kier molecular flexibility index (Phi) is 4.09. The molecule has 1 aliphatic carbocycles. The minimum atomic E-state index is -0.405. The highest BCUT2D eigenvalue weighted by Crippen LogP contribution is 2.49. The van der Waals surface area contributed by atoms with Crippen molar-refractivity contribution in [2.24, 2.45) is 5.41 Å². The van der Waals surface area contributed by atoms with Gasteiger partial charge in [0.2, 0.25) is 0 Å². The van der Waals surface area contributed by atoms with Crippen molar-refractivity contribution < 1.29 is 0 Å². The molecule has 1 aliphatic rings. The van der Waals surface area contributed by atoms with E-state index in [1.807, 2.05) is 13.0 Å². The van der Waals surface area contributed by atoms with Crippen molar-refractivity contribution in [3.63, 3.8) is 0 Å². The lowest BCUT2D eigenvalue weighted by molar-refractivity contribution is 0.253. The molecule has 4 heteroatoms. The third-order valence-electron chi connectivity index (χ3n) is 2.95. The summed E-state index contributed by atoms with van der Waals surface area (Å²) in [5.41, 5.74) is 1.35. The number of rotatable bonds is 1. The Labute approximate surface area is 106 Å². The van der Waals surface area contributed by atoms with Crippen LogP contribution < -0.4 is 0 Å². The van der Waals surface area contributed by atoms with Gasteiger partial charge >= 0.3 is 0 Å². The molecule has 0 saturated heterocycles. The van der Waals surface area contributed by atoms with Crippen LogP contribution in [0.5, 0.6) is 0 Å². The zero-order chi connectivity index (χ0) is 11.0. The predicted octanol–water partition coefficient (Wildman–Crippen LogP) is 4.75. The van der Waals surface area contributed by atoms with E-state index in [9.17, 15) is 0 Å². The van der Waals surface area contributed by atoms with Crippen molar-refractivity contribution in [2.45, 2.75) is 42.3 Å². The SMILES string of the molecule is CC1(Cl)CC(C)(/C=C/Cl)C(Cl)CC1Cl. The standard InChI is InChI=1S/C10H14Cl4/c1-9(3-4-11)6-10(2,14)8(13)5-7(9)12/h3-4,7-8H,5-6H2,1-2H3/b4-3+. The second-order valence-electron chi connectivity index (χ2n) is 4.42. The van der Waals surface area contributed by atoms with Crippen LogP contribution in [0, 0.1) is 5.41 Å². The van der Waals surface area contributed by atoms with E-state index in [1.54, 1.807) is 0 Å². The maximum atomic E-state index is 6.34. The van der Waals surface area contributed by atoms with Gasteiger partial charge in [-0.05, 0) is 19.8 Å². The molecule has 0 heterocycles. The topological polar surface area (TPSA) is 0 Å². The van der Waals surface area contributed by atoms with E-state index in [0.717, 1.165) is 6.42 Å². The molecule has 14 heavy (non-hydrogen) atoms. The number of hydrogen-bond donors (Lipinski definition) is 0. The first-order valence-electron chi connectivity index (χ1n) is 4.57. The summed E-state index contributed by atoms with van der Waals surface area (Å²) in [6.45, 7) is 4.02. The van der Waals surface area contributed by atoms with Gasteiger partial charge in [-0.2, -0.15) is 0 Å². The van der Waals surface area contributed by atoms with Gasteiger partial charge in [0, 0.05) is 16.3 Å². The summed E-state index contributed by atoms with van der Waals surface area (Å²) in [5.74, 6) is 0. The Morgan fingerprint density at radius 3 is 2.29 bits per heavy atom. The first kappa shape index (κ1) is 13.0. The highest BCUT2D eigenvalue weighted by Gasteiger charge is 2.47. The van der Waals surface area contributed by atoms with Crippen molar-refractivity contribution in [1.82, 2.24) is 0 Å². The van der Waals surface area contributed by atoms with Gasteiger partial charge in [-0.25, -0.2) is 0 Å². The van der Waals surface area contributed by atoms with Crippen LogP contribution in [0.4, 0.5) is 0 Å². The summed E-state index contributed by atoms with van der Waals surface area (Å²) in [6, 6.07) is 0. The molecular weight excluding hydrogens is 262 g/mol. The highest BCUT2D eigenvalue weighted by atomic mass is 35.5. The fourth-order valence-electron chi connectivity index (χ4n) is 1.97. The molecule has 4 atom stereocenters. The van der Waals surface area contributed by atoms with E-state index < -0.39 is 4.87 Å². The number of alkyl halides is 3. The third-order valence-corrected chi connectivity index (χ3v) is 4.92. The first-order chi connectivity index (χ1) is 6.32. The number of hydrogen-bond acceptors (Lipinski definition) is 0. The van der Waals surface area contributed by atoms with Gasteiger partial charge in [0.05, 0.1) is 10.3 Å². The average Bonchev–Trinajstić information content (AvgIpc) is 2.01. The normalized spacial score (nSPS) is 49.9. The molecule has 0 aliphatic heterocycles. The van der Waals surface area contributed by atoms with Gasteiger partial charge in [-0.1, -0.05) is 24.6 Å². The quantitative estimate of drug-likeness (QED) is 0.606. The molecule has 0 amide bonds. The Morgan fingerprint density at radius 1 is 1.21 bits per heavy atom. The van der Waals surface area contributed by atoms with Crippen molar-refractivity contribution >= 4 is 46.4 Å². The maximum Gasteiger partial charge on any atom is 0.0591 e. The van der Waals surface area contributed by atoms with Crippen LogP contribution in [-0.2, 0) is 0 Å². The fraction of sp³-hybridized carbons (Fsp3) is 0.800. The van der Waals surface area contributed by atoms with Crippen LogP contribution in [0.15, 0.2) is 11.6 Å². The summed E-state index contributed by atoms with van der Waals surface area (Å²) >= 11 is 24.4. The summed E-state index contributed by atoms with van der Waals surface area (Å²) in [4.78, 5) is -0.405. The molecule has 1 saturated carbocycles. The lowest BCUT2D eigenvalue weighted by Gasteiger charge is -2.45. The summed E-state index contributed by atoms with van der Waals surface area (Å²) < 4.78 is 0. The van der Waals surface area contributed by atoms with E-state index >= 15 is 0 Å². The van der Waals surface area contributed by atoms with E-state index in [2.05, 4.69) is 6.92 Å². The molecule has 0 aromatic heterocycles. The summed E-state index contributed by atoms with van der Waals surface area (Å²) in [7, 11) is 0. The predicted molar refractivity (Wildman–Crippen MR) is 65.9 cm³/mol. The van der Waals surface area contributed by atoms with Crippen LogP contribution >= 0.6 is 46.4 Å². The van der Waals surface area contributed by atoms with Crippen molar-refractivity contribution in [1.29, 1.82) is 0 Å². The number of allylic oxidation sites excluding steroid dienone is 1. The highest BCUT2D eigenvalue weighted by molar-refractivity contribution is 6.33. The second kappa shape index (κ2) is 4.41. The Bertz CT molecular complexity index is 236. The Hall–Kier alpha value is 0.900. The largest absolute Gasteiger partial charge is 0.122 e. The van der Waals surface area contributed by atoms with E-state index in [0.29, 0.717) is 6.42 Å². The lowest BCUT2D eigenvalue weighted by Crippen LogP contribution is -2.47. The maximum absolute atomic E-state index is 6.34. The number of halogens is 4. The van der Waals surface area contributed by atoms with Gasteiger partial charge < -0.3 is 0 Å². The van der Waals surface area contributed by atoms with Crippen molar-refractivity contribution in [3.8, 4) is 0 Å². The molecule has 4 unspecified atom stereocenters. The molecule has 1 fully saturated rings. The van der Waals surface area contributed by atoms with Crippen LogP contribution in [0.25, 0.3) is 0 Å². The smallest absolute Gasteiger partial charge is 0.0591 e. The van der Waals surface area contributed by atoms with Crippen LogP contribution in [-0.4, -0.2) is 15.6 Å². The minimum Gasteiger partial charge on any atom is -0.122 e. The van der Waals surface area contributed by atoms with Crippen LogP contribution in [0.3, 0.4) is 0 Å². The molecule has 0 radical (unpaired) electrons. The zero-order valence-corrected chi connectivity index (χ0v) is 11.3. The fourth-order valence-corrected chi connectivity index (χ4v) is 3.31. The molecule has 0 aromatic rings. The molecule has 82 valence electrons. The third kappa shape index (κ3) is 2.52. The summed E-state index contributed by atoms with van der Waals surface area (Å²) in [6.07, 6.45) is 3.36. The summed E-state index contributed by atoms with van der Waals surface area (Å²) in [5, 5.41) is -0.0877. The monoisotopic (exact) mass is 274 g/mol. The second-order valence-corrected chi connectivity index (χ2v) is 6.59. The van der Waals surface area contributed by atoms with Gasteiger partial charge in [0.1, 0.15) is 0 Å². The van der Waals surface area contributed by atoms with Gasteiger partial charge in [0.15, 0.2) is 0 Å². The minimum absolute atomic E-state index is 0.00757. The molecule has 0 nitrogen and oxygen atoms in total. The average molecular weight is 276 g/mol. The van der Waals surface area contributed by atoms with Gasteiger partial charge in [-0.15, -0.1) is 34.8 Å². The zero-order valence-electron chi connectivity index (χ0n) is 8.24. The molecule has 0 spiro atoms. The molecule has 0 aromatic carbocycles. The van der Waals surface area contributed by atoms with Gasteiger partial charge in [-0.3, -0.25) is 0 Å². The Balaban J connectivity index is 2.89. The lowest BCUT2D eigenvalue weighted by atomic mass is 9.70. The molecule has 0 bridgehead atoms. The first-order valence-corrected chi connectivity index (χ1v) is 6.25. The molecule has 1 rings (SSSR count). The van der Waals surface area contributed by atoms with E-state index in [-0.39, 0.29) is 16.2 Å². The van der Waals surface area contributed by atoms with Crippen LogP contribution in [0.1, 0.15) is 26.7 Å². The van der Waals surface area contributed by atoms with Crippen LogP contribution in [0.2, 0.25) is 0 Å². The van der Waals surface area contributed by atoms with E-state index in [1.165, 1.54) is 5.54 Å². The van der Waals surface area contributed by atoms with Crippen molar-refractivity contribution in [3.05, 3.63) is 11.6 Å². The molecular formula is C10H14Cl4. The van der Waals surface area contributed by atoms with E-state index in [4.69, 9.17) is 46.4 Å². The molecule has 0 N–H and O–H groups in total. The van der Waals surface area contributed by atoms with Crippen molar-refractivity contribution in [2.75, 3.05) is 0 Å².